The monoisotopic (exact) mass is 241 g/mol. The molecule has 0 atom stereocenters. The maximum absolute atomic E-state index is 7.88. The van der Waals surface area contributed by atoms with Crippen LogP contribution in [0.4, 0.5) is 0 Å². The van der Waals surface area contributed by atoms with Crippen LogP contribution in [0.15, 0.2) is 12.3 Å². The van der Waals surface area contributed by atoms with E-state index in [0.717, 1.165) is 0 Å². The highest BCUT2D eigenvalue weighted by Crippen LogP contribution is 2.36. The molecule has 0 saturated carbocycles. The van der Waals surface area contributed by atoms with E-state index in [0.29, 0.717) is 0 Å². The highest BCUT2D eigenvalue weighted by atomic mass is 16.7. The van der Waals surface area contributed by atoms with E-state index in [-0.39, 0.29) is 5.59 Å². The molecule has 2 heterocycles. The van der Waals surface area contributed by atoms with Crippen molar-refractivity contribution in [3.8, 4) is 0 Å². The zero-order valence-corrected chi connectivity index (χ0v) is 10.3. The lowest BCUT2D eigenvalue weighted by molar-refractivity contribution is 0.00578. The van der Waals surface area contributed by atoms with Crippen molar-refractivity contribution in [3.63, 3.8) is 0 Å². The molecule has 2 rings (SSSR count). The molecule has 1 aromatic rings. The predicted octanol–water partition coefficient (Wildman–Crippen LogP) is 1.34. The molecule has 17 heavy (non-hydrogen) atoms. The summed E-state index contributed by atoms with van der Waals surface area (Å²) in [5, 5.41) is 0. The smallest absolute Gasteiger partial charge is 0.398 e. The van der Waals surface area contributed by atoms with Crippen LogP contribution in [0.3, 0.4) is 0 Å². The normalized spacial score (nSPS) is 29.4. The van der Waals surface area contributed by atoms with Crippen LogP contribution in [0.1, 0.15) is 49.8 Å². The van der Waals surface area contributed by atoms with Crippen molar-refractivity contribution in [2.75, 3.05) is 0 Å². The number of hydrogen-bond donors (Lipinski definition) is 0. The minimum Gasteiger partial charge on any atom is -0.398 e. The summed E-state index contributed by atoms with van der Waals surface area (Å²) in [5.74, 6) is 0. The molecule has 1 saturated heterocycles. The zero-order valence-electron chi connectivity index (χ0n) is 17.3. The van der Waals surface area contributed by atoms with E-state index in [4.69, 9.17) is 18.9 Å². The second kappa shape index (κ2) is 4.07. The molecule has 0 amide bonds. The fourth-order valence-corrected chi connectivity index (χ4v) is 1.42. The minimum absolute atomic E-state index is 0.146. The Kier molecular flexibility index (Phi) is 1.51. The van der Waals surface area contributed by atoms with Crippen molar-refractivity contribution >= 4 is 12.7 Å². The van der Waals surface area contributed by atoms with Gasteiger partial charge in [-0.2, -0.15) is 0 Å². The second-order valence-corrected chi connectivity index (χ2v) is 4.89. The number of aromatic nitrogens is 2. The van der Waals surface area contributed by atoms with Crippen molar-refractivity contribution in [1.29, 1.82) is 0 Å². The van der Waals surface area contributed by atoms with Gasteiger partial charge in [-0.15, -0.1) is 0 Å². The van der Waals surface area contributed by atoms with E-state index in [1.165, 1.54) is 0 Å². The fourth-order valence-electron chi connectivity index (χ4n) is 1.42. The molecule has 0 aliphatic carbocycles. The Balaban J connectivity index is 2.53. The van der Waals surface area contributed by atoms with E-state index in [1.54, 1.807) is 27.7 Å². The first kappa shape index (κ1) is 6.30. The molecule has 0 N–H and O–H groups in total. The third kappa shape index (κ3) is 2.22. The SMILES string of the molecule is [2H]c1nc([2H])c(C([2H])([2H])C([2H])([2H])[2H])nc1B1OC(C)(C)C(C)(C)O1. The molecule has 0 radical (unpaired) electrons. The Bertz CT molecular complexity index is 648. The molecule has 0 bridgehead atoms. The first-order chi connectivity index (χ1) is 10.6. The summed E-state index contributed by atoms with van der Waals surface area (Å²) in [6, 6.07) is 0. The molecule has 5 heteroatoms. The average molecular weight is 241 g/mol. The Morgan fingerprint density at radius 1 is 1.35 bits per heavy atom. The lowest BCUT2D eigenvalue weighted by Crippen LogP contribution is -2.41. The lowest BCUT2D eigenvalue weighted by Gasteiger charge is -2.32. The molecule has 1 aliphatic heterocycles. The average Bonchev–Trinajstić information content (AvgIpc) is 2.56. The molecule has 0 aromatic carbocycles. The lowest BCUT2D eigenvalue weighted by atomic mass is 9.85. The Morgan fingerprint density at radius 3 is 2.59 bits per heavy atom. The van der Waals surface area contributed by atoms with Gasteiger partial charge in [0.15, 0.2) is 0 Å². The Labute approximate surface area is 113 Å². The molecule has 1 aliphatic rings. The third-order valence-electron chi connectivity index (χ3n) is 3.16. The Morgan fingerprint density at radius 2 is 2.00 bits per heavy atom. The largest absolute Gasteiger partial charge is 0.516 e. The summed E-state index contributed by atoms with van der Waals surface area (Å²) in [6.07, 6.45) is -3.99. The maximum Gasteiger partial charge on any atom is 0.516 e. The van der Waals surface area contributed by atoms with Gasteiger partial charge in [-0.05, 0) is 34.1 Å². The first-order valence-corrected chi connectivity index (χ1v) is 5.31. The first-order valence-electron chi connectivity index (χ1n) is 8.81. The van der Waals surface area contributed by atoms with Crippen LogP contribution in [0.2, 0.25) is 0 Å². The second-order valence-electron chi connectivity index (χ2n) is 4.89. The van der Waals surface area contributed by atoms with Gasteiger partial charge in [0.25, 0.3) is 0 Å². The molecule has 1 fully saturated rings. The van der Waals surface area contributed by atoms with Crippen molar-refractivity contribution in [3.05, 3.63) is 18.0 Å². The highest BCUT2D eigenvalue weighted by molar-refractivity contribution is 6.61. The standard InChI is InChI=1S/C12H19BN2O2/c1-6-9-7-14-8-10(15-9)13-16-11(2,3)12(4,5)17-13/h7-8H,6H2,1-5H3/i1D3,6D2,7D,8D. The summed E-state index contributed by atoms with van der Waals surface area (Å²) in [5.41, 5.74) is -2.24. The van der Waals surface area contributed by atoms with Crippen LogP contribution >= 0.6 is 0 Å². The summed E-state index contributed by atoms with van der Waals surface area (Å²) in [6.45, 7) is 4.16. The topological polar surface area (TPSA) is 44.2 Å². The molecule has 92 valence electrons. The van der Waals surface area contributed by atoms with Crippen LogP contribution in [0, 0.1) is 0 Å². The molecule has 1 aromatic heterocycles. The van der Waals surface area contributed by atoms with Crippen LogP contribution in [0.25, 0.3) is 0 Å². The van der Waals surface area contributed by atoms with Crippen molar-refractivity contribution in [2.24, 2.45) is 0 Å². The van der Waals surface area contributed by atoms with Gasteiger partial charge in [0.2, 0.25) is 0 Å². The van der Waals surface area contributed by atoms with E-state index in [1.807, 2.05) is 0 Å². The van der Waals surface area contributed by atoms with Crippen LogP contribution in [-0.2, 0) is 15.7 Å². The summed E-state index contributed by atoms with van der Waals surface area (Å²) >= 11 is 0. The van der Waals surface area contributed by atoms with Gasteiger partial charge < -0.3 is 9.31 Å². The number of nitrogens with zero attached hydrogens (tertiary/aromatic N) is 2. The van der Waals surface area contributed by atoms with Gasteiger partial charge in [0.05, 0.1) is 25.2 Å². The quantitative estimate of drug-likeness (QED) is 0.733. The van der Waals surface area contributed by atoms with E-state index >= 15 is 0 Å². The van der Waals surface area contributed by atoms with E-state index < -0.39 is 49.6 Å². The van der Waals surface area contributed by atoms with Crippen molar-refractivity contribution in [2.45, 2.75) is 52.1 Å². The fraction of sp³-hybridized carbons (Fsp3) is 0.667. The molecule has 4 nitrogen and oxygen atoms in total. The van der Waals surface area contributed by atoms with Crippen LogP contribution in [-0.4, -0.2) is 28.3 Å². The zero-order chi connectivity index (χ0) is 18.7. The summed E-state index contributed by atoms with van der Waals surface area (Å²) < 4.78 is 64.7. The van der Waals surface area contributed by atoms with Gasteiger partial charge >= 0.3 is 7.12 Å². The van der Waals surface area contributed by atoms with Gasteiger partial charge in [-0.3, -0.25) is 9.97 Å². The number of aryl methyl sites for hydroxylation is 1. The van der Waals surface area contributed by atoms with Gasteiger partial charge in [-0.1, -0.05) is 6.85 Å². The van der Waals surface area contributed by atoms with Crippen molar-refractivity contribution in [1.82, 2.24) is 9.97 Å². The Hall–Kier alpha value is -0.935. The molecular weight excluding hydrogens is 215 g/mol. The predicted molar refractivity (Wildman–Crippen MR) is 67.1 cm³/mol. The summed E-state index contributed by atoms with van der Waals surface area (Å²) in [4.78, 5) is 7.51. The van der Waals surface area contributed by atoms with E-state index in [2.05, 4.69) is 9.97 Å². The maximum atomic E-state index is 7.88. The minimum atomic E-state index is -3.03. The van der Waals surface area contributed by atoms with Crippen LogP contribution in [0.5, 0.6) is 0 Å². The van der Waals surface area contributed by atoms with Gasteiger partial charge in [0, 0.05) is 19.2 Å². The van der Waals surface area contributed by atoms with Crippen molar-refractivity contribution < 1.29 is 18.9 Å². The molecular formula is C12H19BN2O2. The van der Waals surface area contributed by atoms with Crippen LogP contribution < -0.4 is 5.59 Å². The number of hydrogen-bond acceptors (Lipinski definition) is 4. The van der Waals surface area contributed by atoms with Gasteiger partial charge in [0.1, 0.15) is 0 Å². The molecule has 0 spiro atoms. The van der Waals surface area contributed by atoms with E-state index in [9.17, 15) is 0 Å². The third-order valence-corrected chi connectivity index (χ3v) is 3.16. The summed E-state index contributed by atoms with van der Waals surface area (Å²) in [7, 11) is -1.10. The molecule has 0 unspecified atom stereocenters. The number of rotatable bonds is 2. The highest BCUT2D eigenvalue weighted by Gasteiger charge is 2.52. The van der Waals surface area contributed by atoms with Gasteiger partial charge in [-0.25, -0.2) is 0 Å².